The SMILES string of the molecule is CCCOCCNCCN(C)C(=O)OC(C)(C)C. The van der Waals surface area contributed by atoms with Gasteiger partial charge in [0.05, 0.1) is 6.61 Å². The molecule has 0 atom stereocenters. The summed E-state index contributed by atoms with van der Waals surface area (Å²) in [6.45, 7) is 11.4. The molecule has 1 N–H and O–H groups in total. The molecule has 0 unspecified atom stereocenters. The number of ether oxygens (including phenoxy) is 2. The van der Waals surface area contributed by atoms with Gasteiger partial charge in [-0.2, -0.15) is 0 Å². The van der Waals surface area contributed by atoms with Crippen molar-refractivity contribution in [3.63, 3.8) is 0 Å². The highest BCUT2D eigenvalue weighted by Gasteiger charge is 2.18. The van der Waals surface area contributed by atoms with E-state index in [0.717, 1.165) is 26.1 Å². The fraction of sp³-hybridized carbons (Fsp3) is 0.923. The van der Waals surface area contributed by atoms with Gasteiger partial charge in [0.2, 0.25) is 0 Å². The summed E-state index contributed by atoms with van der Waals surface area (Å²) in [7, 11) is 1.74. The number of nitrogens with zero attached hydrogens (tertiary/aromatic N) is 1. The Morgan fingerprint density at radius 3 is 2.44 bits per heavy atom. The zero-order chi connectivity index (χ0) is 14.0. The molecular weight excluding hydrogens is 232 g/mol. The van der Waals surface area contributed by atoms with Crippen LogP contribution in [0.3, 0.4) is 0 Å². The lowest BCUT2D eigenvalue weighted by Crippen LogP contribution is -2.38. The minimum Gasteiger partial charge on any atom is -0.444 e. The molecule has 5 nitrogen and oxygen atoms in total. The van der Waals surface area contributed by atoms with Crippen molar-refractivity contribution >= 4 is 6.09 Å². The molecule has 0 heterocycles. The van der Waals surface area contributed by atoms with Crippen LogP contribution in [-0.4, -0.2) is 56.5 Å². The Bertz CT molecular complexity index is 227. The van der Waals surface area contributed by atoms with Crippen LogP contribution in [-0.2, 0) is 9.47 Å². The van der Waals surface area contributed by atoms with Crippen molar-refractivity contribution in [2.45, 2.75) is 39.7 Å². The summed E-state index contributed by atoms with van der Waals surface area (Å²) in [5.41, 5.74) is -0.438. The van der Waals surface area contributed by atoms with E-state index in [1.807, 2.05) is 20.8 Å². The van der Waals surface area contributed by atoms with Crippen LogP contribution in [0.1, 0.15) is 34.1 Å². The van der Waals surface area contributed by atoms with E-state index in [1.54, 1.807) is 11.9 Å². The van der Waals surface area contributed by atoms with Gasteiger partial charge >= 0.3 is 6.09 Å². The van der Waals surface area contributed by atoms with Gasteiger partial charge in [0.15, 0.2) is 0 Å². The normalized spacial score (nSPS) is 11.4. The molecule has 108 valence electrons. The molecular formula is C13H28N2O3. The molecule has 1 amide bonds. The summed E-state index contributed by atoms with van der Waals surface area (Å²) in [4.78, 5) is 13.2. The van der Waals surface area contributed by atoms with E-state index in [0.29, 0.717) is 13.2 Å². The average molecular weight is 260 g/mol. The van der Waals surface area contributed by atoms with E-state index < -0.39 is 5.60 Å². The first-order valence-corrected chi connectivity index (χ1v) is 6.59. The van der Waals surface area contributed by atoms with Gasteiger partial charge in [-0.15, -0.1) is 0 Å². The van der Waals surface area contributed by atoms with Crippen LogP contribution in [0.5, 0.6) is 0 Å². The van der Waals surface area contributed by atoms with Crippen LogP contribution in [0.4, 0.5) is 4.79 Å². The van der Waals surface area contributed by atoms with E-state index in [4.69, 9.17) is 9.47 Å². The highest BCUT2D eigenvalue weighted by atomic mass is 16.6. The maximum atomic E-state index is 11.6. The fourth-order valence-electron chi connectivity index (χ4n) is 1.19. The van der Waals surface area contributed by atoms with E-state index in [-0.39, 0.29) is 6.09 Å². The first-order chi connectivity index (χ1) is 8.37. The van der Waals surface area contributed by atoms with Gasteiger partial charge in [0.1, 0.15) is 5.60 Å². The highest BCUT2D eigenvalue weighted by Crippen LogP contribution is 2.08. The van der Waals surface area contributed by atoms with Crippen molar-refractivity contribution < 1.29 is 14.3 Å². The smallest absolute Gasteiger partial charge is 0.410 e. The van der Waals surface area contributed by atoms with Crippen LogP contribution in [0.15, 0.2) is 0 Å². The topological polar surface area (TPSA) is 50.8 Å². The summed E-state index contributed by atoms with van der Waals surface area (Å²) in [6, 6.07) is 0. The molecule has 0 aromatic rings. The van der Waals surface area contributed by atoms with Crippen LogP contribution >= 0.6 is 0 Å². The Hall–Kier alpha value is -0.810. The first kappa shape index (κ1) is 17.2. The summed E-state index contributed by atoms with van der Waals surface area (Å²) in [6.07, 6.45) is 0.757. The maximum Gasteiger partial charge on any atom is 0.410 e. The van der Waals surface area contributed by atoms with Gasteiger partial charge in [-0.1, -0.05) is 6.92 Å². The second-order valence-electron chi connectivity index (χ2n) is 5.26. The van der Waals surface area contributed by atoms with Gasteiger partial charge in [-0.05, 0) is 27.2 Å². The first-order valence-electron chi connectivity index (χ1n) is 6.59. The van der Waals surface area contributed by atoms with Gasteiger partial charge in [0, 0.05) is 33.3 Å². The largest absolute Gasteiger partial charge is 0.444 e. The van der Waals surface area contributed by atoms with Crippen molar-refractivity contribution in [2.75, 3.05) is 39.9 Å². The molecule has 0 spiro atoms. The minimum atomic E-state index is -0.438. The summed E-state index contributed by atoms with van der Waals surface area (Å²) in [5.74, 6) is 0. The third-order valence-corrected chi connectivity index (χ3v) is 2.10. The third-order valence-electron chi connectivity index (χ3n) is 2.10. The second kappa shape index (κ2) is 9.16. The standard InChI is InChI=1S/C13H28N2O3/c1-6-10-17-11-8-14-7-9-15(5)12(16)18-13(2,3)4/h14H,6-11H2,1-5H3. The number of nitrogens with one attached hydrogen (secondary N) is 1. The molecule has 0 aromatic heterocycles. The average Bonchev–Trinajstić information content (AvgIpc) is 2.25. The molecule has 0 saturated heterocycles. The number of carbonyl (C=O) groups is 1. The molecule has 0 saturated carbocycles. The molecule has 0 bridgehead atoms. The van der Waals surface area contributed by atoms with Crippen molar-refractivity contribution in [3.8, 4) is 0 Å². The van der Waals surface area contributed by atoms with Crippen LogP contribution in [0.2, 0.25) is 0 Å². The number of likely N-dealkylation sites (N-methyl/N-ethyl adjacent to an activating group) is 1. The molecule has 5 heteroatoms. The Labute approximate surface area is 111 Å². The Morgan fingerprint density at radius 1 is 1.22 bits per heavy atom. The second-order valence-corrected chi connectivity index (χ2v) is 5.26. The van der Waals surface area contributed by atoms with Crippen molar-refractivity contribution in [1.29, 1.82) is 0 Å². The number of carbonyl (C=O) groups excluding carboxylic acids is 1. The van der Waals surface area contributed by atoms with Gasteiger partial charge in [-0.25, -0.2) is 4.79 Å². The van der Waals surface area contributed by atoms with Crippen LogP contribution < -0.4 is 5.32 Å². The van der Waals surface area contributed by atoms with Crippen LogP contribution in [0.25, 0.3) is 0 Å². The number of hydrogen-bond donors (Lipinski definition) is 1. The lowest BCUT2D eigenvalue weighted by molar-refractivity contribution is 0.0300. The summed E-state index contributed by atoms with van der Waals surface area (Å²) < 4.78 is 10.6. The van der Waals surface area contributed by atoms with Gasteiger partial charge in [0.25, 0.3) is 0 Å². The number of rotatable bonds is 8. The molecule has 0 fully saturated rings. The maximum absolute atomic E-state index is 11.6. The molecule has 0 rings (SSSR count). The third kappa shape index (κ3) is 10.4. The predicted octanol–water partition coefficient (Wildman–Crippen LogP) is 1.87. The summed E-state index contributed by atoms with van der Waals surface area (Å²) >= 11 is 0. The van der Waals surface area contributed by atoms with Crippen LogP contribution in [0, 0.1) is 0 Å². The quantitative estimate of drug-likeness (QED) is 0.677. The van der Waals surface area contributed by atoms with E-state index in [2.05, 4.69) is 12.2 Å². The van der Waals surface area contributed by atoms with Gasteiger partial charge < -0.3 is 19.7 Å². The number of amides is 1. The zero-order valence-corrected chi connectivity index (χ0v) is 12.4. The van der Waals surface area contributed by atoms with Crippen molar-refractivity contribution in [2.24, 2.45) is 0 Å². The predicted molar refractivity (Wildman–Crippen MR) is 72.8 cm³/mol. The van der Waals surface area contributed by atoms with Crippen molar-refractivity contribution in [3.05, 3.63) is 0 Å². The van der Waals surface area contributed by atoms with E-state index in [9.17, 15) is 4.79 Å². The lowest BCUT2D eigenvalue weighted by atomic mass is 10.2. The highest BCUT2D eigenvalue weighted by molar-refractivity contribution is 5.67. The molecule has 18 heavy (non-hydrogen) atoms. The Kier molecular flexibility index (Phi) is 8.75. The number of hydrogen-bond acceptors (Lipinski definition) is 4. The van der Waals surface area contributed by atoms with Crippen molar-refractivity contribution in [1.82, 2.24) is 10.2 Å². The van der Waals surface area contributed by atoms with Gasteiger partial charge in [-0.3, -0.25) is 0 Å². The lowest BCUT2D eigenvalue weighted by Gasteiger charge is -2.24. The minimum absolute atomic E-state index is 0.286. The Balaban J connectivity index is 3.52. The van der Waals surface area contributed by atoms with E-state index >= 15 is 0 Å². The van der Waals surface area contributed by atoms with E-state index in [1.165, 1.54) is 0 Å². The fourth-order valence-corrected chi connectivity index (χ4v) is 1.19. The molecule has 0 radical (unpaired) electrons. The molecule has 0 aliphatic carbocycles. The monoisotopic (exact) mass is 260 g/mol. The molecule has 0 aliphatic heterocycles. The molecule has 0 aliphatic rings. The summed E-state index contributed by atoms with van der Waals surface area (Å²) in [5, 5.41) is 3.22. The Morgan fingerprint density at radius 2 is 1.89 bits per heavy atom. The molecule has 0 aromatic carbocycles. The zero-order valence-electron chi connectivity index (χ0n) is 12.4.